The summed E-state index contributed by atoms with van der Waals surface area (Å²) in [6, 6.07) is 9.05. The molecule has 0 radical (unpaired) electrons. The first-order valence-electron chi connectivity index (χ1n) is 6.69. The molecular weight excluding hydrogens is 368 g/mol. The van der Waals surface area contributed by atoms with Gasteiger partial charge < -0.3 is 0 Å². The van der Waals surface area contributed by atoms with Crippen molar-refractivity contribution in [2.24, 2.45) is 0 Å². The van der Waals surface area contributed by atoms with E-state index in [4.69, 9.17) is 0 Å². The fraction of sp³-hybridized carbons (Fsp3) is 0. The molecule has 114 valence electrons. The number of fused-ring (bicyclic) bond motifs is 3. The minimum Gasteiger partial charge on any atom is -0.290 e. The van der Waals surface area contributed by atoms with E-state index in [2.05, 4.69) is 26.0 Å². The Morgan fingerprint density at radius 3 is 2.74 bits per heavy atom. The maximum atomic E-state index is 13.9. The van der Waals surface area contributed by atoms with E-state index in [9.17, 15) is 13.6 Å². The van der Waals surface area contributed by atoms with Gasteiger partial charge in [0.05, 0.1) is 16.6 Å². The van der Waals surface area contributed by atoms with Gasteiger partial charge >= 0.3 is 0 Å². The van der Waals surface area contributed by atoms with Crippen LogP contribution in [-0.4, -0.2) is 14.8 Å². The maximum Gasteiger partial charge on any atom is 0.280 e. The van der Waals surface area contributed by atoms with Crippen LogP contribution in [0.5, 0.6) is 0 Å². The molecule has 2 aromatic carbocycles. The molecule has 4 rings (SSSR count). The van der Waals surface area contributed by atoms with Gasteiger partial charge in [0.25, 0.3) is 5.56 Å². The van der Waals surface area contributed by atoms with Gasteiger partial charge in [-0.15, -0.1) is 0 Å². The van der Waals surface area contributed by atoms with Crippen LogP contribution in [0, 0.1) is 11.6 Å². The largest absolute Gasteiger partial charge is 0.290 e. The van der Waals surface area contributed by atoms with Gasteiger partial charge in [0, 0.05) is 22.1 Å². The third-order valence-electron chi connectivity index (χ3n) is 3.61. The topological polar surface area (TPSA) is 50.7 Å². The Bertz CT molecular complexity index is 1130. The van der Waals surface area contributed by atoms with Crippen molar-refractivity contribution in [2.75, 3.05) is 0 Å². The lowest BCUT2D eigenvalue weighted by atomic mass is 10.1. The number of aromatic nitrogens is 3. The van der Waals surface area contributed by atoms with Gasteiger partial charge in [-0.25, -0.2) is 13.5 Å². The number of hydrogen-bond donors (Lipinski definition) is 1. The first-order valence-corrected chi connectivity index (χ1v) is 7.48. The van der Waals surface area contributed by atoms with Gasteiger partial charge in [0.1, 0.15) is 11.3 Å². The molecular formula is C16H8BrF2N3O. The molecule has 0 fully saturated rings. The zero-order valence-electron chi connectivity index (χ0n) is 11.5. The number of H-pyrrole nitrogens is 1. The molecule has 0 spiro atoms. The van der Waals surface area contributed by atoms with Crippen molar-refractivity contribution in [3.05, 3.63) is 69.1 Å². The summed E-state index contributed by atoms with van der Waals surface area (Å²) in [5.74, 6) is -1.49. The zero-order chi connectivity index (χ0) is 16.1. The molecule has 0 atom stereocenters. The Morgan fingerprint density at radius 2 is 1.96 bits per heavy atom. The Labute approximate surface area is 136 Å². The Kier molecular flexibility index (Phi) is 3.05. The summed E-state index contributed by atoms with van der Waals surface area (Å²) in [6.45, 7) is 0. The molecule has 1 N–H and O–H groups in total. The van der Waals surface area contributed by atoms with E-state index in [1.165, 1.54) is 10.9 Å². The maximum absolute atomic E-state index is 13.9. The molecule has 2 aromatic heterocycles. The van der Waals surface area contributed by atoms with Crippen molar-refractivity contribution in [1.29, 1.82) is 0 Å². The summed E-state index contributed by atoms with van der Waals surface area (Å²) < 4.78 is 29.5. The third-order valence-corrected chi connectivity index (χ3v) is 4.11. The van der Waals surface area contributed by atoms with Gasteiger partial charge in [-0.05, 0) is 24.3 Å². The van der Waals surface area contributed by atoms with Gasteiger partial charge in [-0.2, -0.15) is 0 Å². The van der Waals surface area contributed by atoms with Crippen LogP contribution in [0.2, 0.25) is 0 Å². The van der Waals surface area contributed by atoms with E-state index >= 15 is 0 Å². The minimum absolute atomic E-state index is 0.0153. The highest BCUT2D eigenvalue weighted by Gasteiger charge is 2.15. The summed E-state index contributed by atoms with van der Waals surface area (Å²) in [6.07, 6.45) is 1.30. The van der Waals surface area contributed by atoms with Gasteiger partial charge in [-0.3, -0.25) is 14.9 Å². The number of pyridine rings is 1. The lowest BCUT2D eigenvalue weighted by Crippen LogP contribution is -2.14. The first-order chi connectivity index (χ1) is 11.0. The zero-order valence-corrected chi connectivity index (χ0v) is 13.1. The molecule has 0 aliphatic heterocycles. The average Bonchev–Trinajstić information content (AvgIpc) is 2.85. The Morgan fingerprint density at radius 1 is 1.13 bits per heavy atom. The Hall–Kier alpha value is -2.54. The van der Waals surface area contributed by atoms with Crippen LogP contribution in [0.4, 0.5) is 8.78 Å². The molecule has 0 amide bonds. The standard InChI is InChI=1S/C16H8BrF2N3O/c17-8-2-1-3-10(4-8)22-16(23)12-7-20-15-11(14(12)21-22)5-9(18)6-13(15)19/h1-7,21H. The fourth-order valence-electron chi connectivity index (χ4n) is 2.59. The average molecular weight is 376 g/mol. The minimum atomic E-state index is -0.766. The molecule has 4 nitrogen and oxygen atoms in total. The van der Waals surface area contributed by atoms with Crippen LogP contribution < -0.4 is 5.56 Å². The second-order valence-electron chi connectivity index (χ2n) is 5.06. The van der Waals surface area contributed by atoms with Crippen LogP contribution in [0.25, 0.3) is 27.5 Å². The van der Waals surface area contributed by atoms with E-state index < -0.39 is 11.6 Å². The highest BCUT2D eigenvalue weighted by molar-refractivity contribution is 9.10. The van der Waals surface area contributed by atoms with E-state index in [0.717, 1.165) is 16.6 Å². The summed E-state index contributed by atoms with van der Waals surface area (Å²) >= 11 is 3.35. The first kappa shape index (κ1) is 14.1. The highest BCUT2D eigenvalue weighted by atomic mass is 79.9. The number of nitrogens with zero attached hydrogens (tertiary/aromatic N) is 2. The molecule has 0 aliphatic rings. The third kappa shape index (κ3) is 2.16. The van der Waals surface area contributed by atoms with Crippen LogP contribution in [-0.2, 0) is 0 Å². The van der Waals surface area contributed by atoms with Gasteiger partial charge in [0.2, 0.25) is 0 Å². The van der Waals surface area contributed by atoms with Gasteiger partial charge in [0.15, 0.2) is 5.82 Å². The number of rotatable bonds is 1. The normalized spacial score (nSPS) is 11.4. The molecule has 0 saturated heterocycles. The van der Waals surface area contributed by atoms with Crippen LogP contribution in [0.3, 0.4) is 0 Å². The second-order valence-corrected chi connectivity index (χ2v) is 5.98. The number of hydrogen-bond acceptors (Lipinski definition) is 2. The predicted octanol–water partition coefficient (Wildman–Crippen LogP) is 3.91. The second kappa shape index (κ2) is 4.99. The quantitative estimate of drug-likeness (QED) is 0.548. The molecule has 0 saturated carbocycles. The summed E-state index contributed by atoms with van der Waals surface area (Å²) in [7, 11) is 0. The number of benzene rings is 2. The smallest absolute Gasteiger partial charge is 0.280 e. The van der Waals surface area contributed by atoms with E-state index in [1.807, 2.05) is 6.07 Å². The van der Waals surface area contributed by atoms with Gasteiger partial charge in [-0.1, -0.05) is 22.0 Å². The van der Waals surface area contributed by atoms with E-state index in [0.29, 0.717) is 11.2 Å². The fourth-order valence-corrected chi connectivity index (χ4v) is 2.98. The molecule has 0 bridgehead atoms. The van der Waals surface area contributed by atoms with Crippen molar-refractivity contribution in [3.8, 4) is 5.69 Å². The molecule has 0 aliphatic carbocycles. The summed E-state index contributed by atoms with van der Waals surface area (Å²) in [4.78, 5) is 16.5. The predicted molar refractivity (Wildman–Crippen MR) is 86.8 cm³/mol. The molecule has 7 heteroatoms. The lowest BCUT2D eigenvalue weighted by molar-refractivity contribution is 0.590. The number of halogens is 3. The summed E-state index contributed by atoms with van der Waals surface area (Å²) in [5.41, 5.74) is 0.627. The lowest BCUT2D eigenvalue weighted by Gasteiger charge is -2.02. The van der Waals surface area contributed by atoms with Crippen molar-refractivity contribution >= 4 is 37.7 Å². The van der Waals surface area contributed by atoms with Crippen LogP contribution in [0.1, 0.15) is 0 Å². The summed E-state index contributed by atoms with van der Waals surface area (Å²) in [5, 5.41) is 3.41. The number of nitrogens with one attached hydrogen (secondary N) is 1. The molecule has 0 unspecified atom stereocenters. The van der Waals surface area contributed by atoms with Crippen molar-refractivity contribution in [2.45, 2.75) is 0 Å². The monoisotopic (exact) mass is 375 g/mol. The molecule has 2 heterocycles. The van der Waals surface area contributed by atoms with Crippen molar-refractivity contribution in [3.63, 3.8) is 0 Å². The Balaban J connectivity index is 2.12. The van der Waals surface area contributed by atoms with E-state index in [-0.39, 0.29) is 21.8 Å². The van der Waals surface area contributed by atoms with Crippen molar-refractivity contribution < 1.29 is 8.78 Å². The van der Waals surface area contributed by atoms with Crippen molar-refractivity contribution in [1.82, 2.24) is 14.8 Å². The van der Waals surface area contributed by atoms with E-state index in [1.54, 1.807) is 18.2 Å². The molecule has 4 aromatic rings. The van der Waals surface area contributed by atoms with Crippen LogP contribution >= 0.6 is 15.9 Å². The SMILES string of the molecule is O=c1c2cnc3c(F)cc(F)cc3c2[nH]n1-c1cccc(Br)c1. The molecule has 23 heavy (non-hydrogen) atoms. The highest BCUT2D eigenvalue weighted by Crippen LogP contribution is 2.24. The van der Waals surface area contributed by atoms with Crippen LogP contribution in [0.15, 0.2) is 51.9 Å². The number of aromatic amines is 1.